The molecule has 0 aromatic carbocycles. The number of rotatable bonds is 3. The Bertz CT molecular complexity index is 461. The van der Waals surface area contributed by atoms with E-state index in [0.717, 1.165) is 0 Å². The van der Waals surface area contributed by atoms with Gasteiger partial charge in [0.05, 0.1) is 6.54 Å². The van der Waals surface area contributed by atoms with E-state index in [1.807, 2.05) is 0 Å². The number of amides is 2. The van der Waals surface area contributed by atoms with E-state index < -0.39 is 17.6 Å². The smallest absolute Gasteiger partial charge is 0.413 e. The maximum atomic E-state index is 11.5. The summed E-state index contributed by atoms with van der Waals surface area (Å²) in [4.78, 5) is 29.2. The second kappa shape index (κ2) is 5.05. The number of imidazole rings is 1. The van der Waals surface area contributed by atoms with Crippen molar-refractivity contribution in [2.75, 3.05) is 5.32 Å². The third-order valence-electron chi connectivity index (χ3n) is 1.81. The fourth-order valence-electron chi connectivity index (χ4n) is 1.19. The lowest BCUT2D eigenvalue weighted by Gasteiger charge is -2.19. The fraction of sp³-hybridized carbons (Fsp3) is 0.500. The molecular weight excluding hydrogens is 238 g/mol. The van der Waals surface area contributed by atoms with Gasteiger partial charge in [0.25, 0.3) is 5.91 Å². The Morgan fingerprint density at radius 3 is 2.50 bits per heavy atom. The molecule has 0 aliphatic heterocycles. The molecule has 0 saturated carbocycles. The van der Waals surface area contributed by atoms with Crippen LogP contribution in [0.2, 0.25) is 0 Å². The van der Waals surface area contributed by atoms with Crippen LogP contribution in [0.5, 0.6) is 0 Å². The van der Waals surface area contributed by atoms with Crippen molar-refractivity contribution >= 4 is 17.8 Å². The van der Waals surface area contributed by atoms with Crippen molar-refractivity contribution in [3.05, 3.63) is 11.5 Å². The zero-order valence-corrected chi connectivity index (χ0v) is 10.5. The Labute approximate surface area is 104 Å². The van der Waals surface area contributed by atoms with Gasteiger partial charge in [-0.2, -0.15) is 0 Å². The van der Waals surface area contributed by atoms with Gasteiger partial charge in [-0.3, -0.25) is 10.1 Å². The number of anilines is 1. The van der Waals surface area contributed by atoms with E-state index >= 15 is 0 Å². The van der Waals surface area contributed by atoms with Gasteiger partial charge in [0.2, 0.25) is 0 Å². The highest BCUT2D eigenvalue weighted by Gasteiger charge is 2.20. The third kappa shape index (κ3) is 3.74. The van der Waals surface area contributed by atoms with Crippen molar-refractivity contribution in [2.24, 2.45) is 11.5 Å². The Kier molecular flexibility index (Phi) is 3.92. The molecule has 0 aliphatic carbocycles. The van der Waals surface area contributed by atoms with Crippen molar-refractivity contribution in [1.29, 1.82) is 0 Å². The first-order valence-corrected chi connectivity index (χ1v) is 5.31. The molecule has 0 fully saturated rings. The number of H-pyrrole nitrogens is 1. The molecule has 100 valence electrons. The molecule has 2 amide bonds. The molecule has 0 saturated heterocycles. The van der Waals surface area contributed by atoms with E-state index in [-0.39, 0.29) is 18.1 Å². The van der Waals surface area contributed by atoms with Gasteiger partial charge in [-0.25, -0.2) is 9.78 Å². The van der Waals surface area contributed by atoms with Crippen LogP contribution in [-0.4, -0.2) is 27.6 Å². The number of nitrogens with zero attached hydrogens (tertiary/aromatic N) is 1. The molecule has 6 N–H and O–H groups in total. The molecule has 0 spiro atoms. The predicted octanol–water partition coefficient (Wildman–Crippen LogP) is 0.314. The monoisotopic (exact) mass is 255 g/mol. The summed E-state index contributed by atoms with van der Waals surface area (Å²) < 4.78 is 5.03. The van der Waals surface area contributed by atoms with E-state index in [9.17, 15) is 9.59 Å². The highest BCUT2D eigenvalue weighted by atomic mass is 16.6. The number of ether oxygens (including phenoxy) is 1. The number of primary amides is 1. The molecular formula is C10H17N5O3. The first-order chi connectivity index (χ1) is 8.23. The topological polar surface area (TPSA) is 136 Å². The van der Waals surface area contributed by atoms with Gasteiger partial charge in [0, 0.05) is 0 Å². The summed E-state index contributed by atoms with van der Waals surface area (Å²) in [6, 6.07) is 0. The van der Waals surface area contributed by atoms with E-state index in [1.54, 1.807) is 20.8 Å². The highest BCUT2D eigenvalue weighted by Crippen LogP contribution is 2.14. The van der Waals surface area contributed by atoms with E-state index in [2.05, 4.69) is 15.3 Å². The Morgan fingerprint density at radius 1 is 1.44 bits per heavy atom. The summed E-state index contributed by atoms with van der Waals surface area (Å²) in [6.07, 6.45) is -0.722. The molecule has 8 heteroatoms. The third-order valence-corrected chi connectivity index (χ3v) is 1.81. The summed E-state index contributed by atoms with van der Waals surface area (Å²) in [5.41, 5.74) is 9.86. The largest absolute Gasteiger partial charge is 0.444 e. The van der Waals surface area contributed by atoms with Crippen molar-refractivity contribution in [3.8, 4) is 0 Å². The standard InChI is InChI=1S/C10H17N5O3/c1-10(2,3)18-9(17)15-8-6(7(12)16)13-5(4-11)14-8/h4,11H2,1-3H3,(H2,12,16)(H,13,14)(H,15,17). The van der Waals surface area contributed by atoms with Gasteiger partial charge in [-0.1, -0.05) is 0 Å². The van der Waals surface area contributed by atoms with Gasteiger partial charge >= 0.3 is 6.09 Å². The normalized spacial score (nSPS) is 11.1. The van der Waals surface area contributed by atoms with Crippen LogP contribution in [0.3, 0.4) is 0 Å². The highest BCUT2D eigenvalue weighted by molar-refractivity contribution is 5.99. The average molecular weight is 255 g/mol. The summed E-state index contributed by atoms with van der Waals surface area (Å²) in [5, 5.41) is 2.34. The van der Waals surface area contributed by atoms with Crippen LogP contribution in [0, 0.1) is 0 Å². The number of carbonyl (C=O) groups excluding carboxylic acids is 2. The molecule has 8 nitrogen and oxygen atoms in total. The lowest BCUT2D eigenvalue weighted by atomic mass is 10.2. The lowest BCUT2D eigenvalue weighted by Crippen LogP contribution is -2.28. The van der Waals surface area contributed by atoms with Gasteiger partial charge in [0.1, 0.15) is 17.1 Å². The van der Waals surface area contributed by atoms with Crippen LogP contribution in [0.15, 0.2) is 0 Å². The van der Waals surface area contributed by atoms with Gasteiger partial charge < -0.3 is 21.2 Å². The second-order valence-electron chi connectivity index (χ2n) is 4.60. The molecule has 1 rings (SSSR count). The predicted molar refractivity (Wildman–Crippen MR) is 64.9 cm³/mol. The zero-order chi connectivity index (χ0) is 13.9. The fourth-order valence-corrected chi connectivity index (χ4v) is 1.19. The van der Waals surface area contributed by atoms with E-state index in [0.29, 0.717) is 5.82 Å². The van der Waals surface area contributed by atoms with E-state index in [1.165, 1.54) is 0 Å². The number of aromatic nitrogens is 2. The molecule has 0 unspecified atom stereocenters. The second-order valence-corrected chi connectivity index (χ2v) is 4.60. The Balaban J connectivity index is 2.86. The molecule has 1 aromatic heterocycles. The van der Waals surface area contributed by atoms with Crippen LogP contribution in [-0.2, 0) is 11.3 Å². The average Bonchev–Trinajstić information content (AvgIpc) is 2.57. The van der Waals surface area contributed by atoms with Crippen LogP contribution in [0.25, 0.3) is 0 Å². The number of carbonyl (C=O) groups is 2. The zero-order valence-electron chi connectivity index (χ0n) is 10.5. The number of aromatic amines is 1. The number of nitrogens with two attached hydrogens (primary N) is 2. The summed E-state index contributed by atoms with van der Waals surface area (Å²) in [5.74, 6) is -0.389. The lowest BCUT2D eigenvalue weighted by molar-refractivity contribution is 0.0635. The van der Waals surface area contributed by atoms with Crippen molar-refractivity contribution < 1.29 is 14.3 Å². The summed E-state index contributed by atoms with van der Waals surface area (Å²) in [6.45, 7) is 5.25. The van der Waals surface area contributed by atoms with Crippen LogP contribution in [0.1, 0.15) is 37.1 Å². The van der Waals surface area contributed by atoms with Gasteiger partial charge in [0.15, 0.2) is 5.82 Å². The number of hydrogen-bond donors (Lipinski definition) is 4. The van der Waals surface area contributed by atoms with Gasteiger partial charge in [-0.05, 0) is 20.8 Å². The molecule has 18 heavy (non-hydrogen) atoms. The Morgan fingerprint density at radius 2 is 2.06 bits per heavy atom. The van der Waals surface area contributed by atoms with Crippen LogP contribution < -0.4 is 16.8 Å². The minimum atomic E-state index is -0.742. The first kappa shape index (κ1) is 14.0. The molecule has 0 aliphatic rings. The first-order valence-electron chi connectivity index (χ1n) is 5.31. The van der Waals surface area contributed by atoms with Crippen LogP contribution >= 0.6 is 0 Å². The molecule has 0 atom stereocenters. The maximum Gasteiger partial charge on any atom is 0.413 e. The van der Waals surface area contributed by atoms with E-state index in [4.69, 9.17) is 16.2 Å². The van der Waals surface area contributed by atoms with Crippen molar-refractivity contribution in [2.45, 2.75) is 32.9 Å². The molecule has 1 aromatic rings. The molecule has 0 radical (unpaired) electrons. The van der Waals surface area contributed by atoms with Crippen LogP contribution in [0.4, 0.5) is 10.6 Å². The minimum Gasteiger partial charge on any atom is -0.444 e. The molecule has 0 bridgehead atoms. The van der Waals surface area contributed by atoms with Crippen molar-refractivity contribution in [3.63, 3.8) is 0 Å². The quantitative estimate of drug-likeness (QED) is 0.616. The maximum absolute atomic E-state index is 11.5. The minimum absolute atomic E-state index is 0.0113. The molecule has 1 heterocycles. The number of nitrogens with one attached hydrogen (secondary N) is 2. The number of hydrogen-bond acceptors (Lipinski definition) is 5. The van der Waals surface area contributed by atoms with Gasteiger partial charge in [-0.15, -0.1) is 0 Å². The Hall–Kier alpha value is -2.09. The summed E-state index contributed by atoms with van der Waals surface area (Å²) >= 11 is 0. The van der Waals surface area contributed by atoms with Crippen molar-refractivity contribution in [1.82, 2.24) is 9.97 Å². The summed E-state index contributed by atoms with van der Waals surface area (Å²) in [7, 11) is 0. The SMILES string of the molecule is CC(C)(C)OC(=O)Nc1nc(CN)[nH]c1C(N)=O.